The molecule has 10 heteroatoms. The summed E-state index contributed by atoms with van der Waals surface area (Å²) in [7, 11) is 1.43. The van der Waals surface area contributed by atoms with E-state index in [1.54, 1.807) is 42.5 Å². The largest absolute Gasteiger partial charge is 0.504 e. The molecule has 1 saturated heterocycles. The fraction of sp³-hybridized carbons (Fsp3) is 0.220. The number of nitrogens with zero attached hydrogens (tertiary/aromatic N) is 2. The molecule has 6 unspecified atom stereocenters. The summed E-state index contributed by atoms with van der Waals surface area (Å²) in [5, 5.41) is 23.4. The summed E-state index contributed by atoms with van der Waals surface area (Å²) in [6, 6.07) is 28.5. The minimum Gasteiger partial charge on any atom is -0.504 e. The van der Waals surface area contributed by atoms with Gasteiger partial charge < -0.3 is 9.84 Å². The van der Waals surface area contributed by atoms with E-state index >= 15 is 9.59 Å². The second-order valence-electron chi connectivity index (χ2n) is 13.5. The molecule has 2 amide bonds. The van der Waals surface area contributed by atoms with Crippen LogP contribution in [0.4, 0.5) is 11.4 Å². The number of ether oxygens (including phenoxy) is 1. The Labute approximate surface area is 292 Å². The Kier molecular flexibility index (Phi) is 7.55. The maximum atomic E-state index is 15.1. The summed E-state index contributed by atoms with van der Waals surface area (Å²) in [6.45, 7) is 0. The predicted molar refractivity (Wildman–Crippen MR) is 187 cm³/mol. The molecule has 1 N–H and O–H groups in total. The molecule has 6 atom stereocenters. The van der Waals surface area contributed by atoms with Gasteiger partial charge in [-0.25, -0.2) is 4.90 Å². The normalized spacial score (nSPS) is 26.8. The first-order valence-electron chi connectivity index (χ1n) is 16.8. The lowest BCUT2D eigenvalue weighted by Crippen LogP contribution is -2.58. The molecule has 4 aromatic carbocycles. The summed E-state index contributed by atoms with van der Waals surface area (Å²) in [6.07, 6.45) is 3.56. The fourth-order valence-corrected chi connectivity index (χ4v) is 9.16. The van der Waals surface area contributed by atoms with Crippen LogP contribution in [0.1, 0.15) is 35.4 Å². The molecule has 1 saturated carbocycles. The van der Waals surface area contributed by atoms with Gasteiger partial charge in [-0.05, 0) is 48.1 Å². The Morgan fingerprint density at radius 1 is 0.863 bits per heavy atom. The van der Waals surface area contributed by atoms with Crippen LogP contribution in [0.5, 0.6) is 11.5 Å². The lowest BCUT2D eigenvalue weighted by atomic mass is 9.44. The molecule has 10 nitrogen and oxygen atoms in total. The van der Waals surface area contributed by atoms with Crippen molar-refractivity contribution < 1.29 is 33.9 Å². The lowest BCUT2D eigenvalue weighted by Gasteiger charge is -2.55. The van der Waals surface area contributed by atoms with Crippen molar-refractivity contribution in [1.82, 2.24) is 0 Å². The van der Waals surface area contributed by atoms with Crippen LogP contribution in [0.3, 0.4) is 0 Å². The molecule has 4 aliphatic rings. The number of phenolic OH excluding ortho intramolecular Hbond substituents is 1. The van der Waals surface area contributed by atoms with E-state index in [2.05, 4.69) is 0 Å². The summed E-state index contributed by atoms with van der Waals surface area (Å²) in [4.78, 5) is 70.7. The number of imide groups is 1. The van der Waals surface area contributed by atoms with E-state index < -0.39 is 51.7 Å². The molecule has 254 valence electrons. The van der Waals surface area contributed by atoms with E-state index in [0.29, 0.717) is 22.3 Å². The van der Waals surface area contributed by atoms with Gasteiger partial charge in [0, 0.05) is 35.1 Å². The van der Waals surface area contributed by atoms with Gasteiger partial charge in [0.05, 0.1) is 35.0 Å². The third-order valence-electron chi connectivity index (χ3n) is 11.2. The number of carbonyl (C=O) groups is 4. The Balaban J connectivity index is 1.36. The van der Waals surface area contributed by atoms with Gasteiger partial charge in [-0.2, -0.15) is 0 Å². The van der Waals surface area contributed by atoms with E-state index in [1.165, 1.54) is 37.5 Å². The molecule has 0 spiro atoms. The van der Waals surface area contributed by atoms with Crippen LogP contribution in [-0.2, 0) is 24.6 Å². The van der Waals surface area contributed by atoms with Gasteiger partial charge in [-0.3, -0.25) is 29.3 Å². The zero-order valence-corrected chi connectivity index (χ0v) is 27.5. The van der Waals surface area contributed by atoms with Crippen LogP contribution in [0, 0.1) is 33.8 Å². The number of amides is 2. The number of hydrogen-bond acceptors (Lipinski definition) is 8. The quantitative estimate of drug-likeness (QED) is 0.108. The zero-order valence-electron chi connectivity index (χ0n) is 27.5. The molecular formula is C41H32N2O8. The molecule has 51 heavy (non-hydrogen) atoms. The predicted octanol–water partition coefficient (Wildman–Crippen LogP) is 6.34. The van der Waals surface area contributed by atoms with E-state index in [0.717, 1.165) is 4.90 Å². The standard InChI is InChI=1S/C41H32N2O8/c1-51-33-17-9-16-29(38(33)46)36-27-18-19-28-35(40(48)42(39(28)47)25-14-8-15-26(20-25)43(49)50)31(27)21-32-37(45)30(23-10-4-2-5-11-23)22-34(44)41(32,36)24-12-6-3-7-13-24/h2-18,20,22,28,31-32,35-36,46H,19,21H2,1H3. The molecule has 2 fully saturated rings. The lowest BCUT2D eigenvalue weighted by molar-refractivity contribution is -0.384. The number of nitro groups is 1. The molecular weight excluding hydrogens is 648 g/mol. The highest BCUT2D eigenvalue weighted by molar-refractivity contribution is 6.32. The summed E-state index contributed by atoms with van der Waals surface area (Å²) in [5.41, 5.74) is 0.820. The number of ketones is 2. The third-order valence-corrected chi connectivity index (χ3v) is 11.2. The monoisotopic (exact) mass is 680 g/mol. The Hall–Kier alpha value is -6.16. The Morgan fingerprint density at radius 3 is 2.27 bits per heavy atom. The van der Waals surface area contributed by atoms with Crippen molar-refractivity contribution >= 4 is 40.3 Å². The van der Waals surface area contributed by atoms with Crippen molar-refractivity contribution in [3.63, 3.8) is 0 Å². The van der Waals surface area contributed by atoms with E-state index in [1.807, 2.05) is 42.5 Å². The molecule has 1 heterocycles. The minimum atomic E-state index is -1.51. The van der Waals surface area contributed by atoms with Crippen LogP contribution in [0.15, 0.2) is 121 Å². The SMILES string of the molecule is COc1cccc(C2C3=CCC4C(=O)N(c5cccc([N+](=O)[O-])c5)C(=O)C4C3CC3C(=O)C(c4ccccc4)=CC(=O)C32c2ccccc2)c1O. The van der Waals surface area contributed by atoms with Gasteiger partial charge >= 0.3 is 0 Å². The van der Waals surface area contributed by atoms with E-state index in [-0.39, 0.29) is 52.9 Å². The number of carbonyl (C=O) groups excluding carboxylic acids is 4. The molecule has 1 aliphatic heterocycles. The first-order valence-corrected chi connectivity index (χ1v) is 16.8. The van der Waals surface area contributed by atoms with Crippen molar-refractivity contribution in [3.05, 3.63) is 148 Å². The van der Waals surface area contributed by atoms with E-state index in [9.17, 15) is 24.8 Å². The number of phenols is 1. The number of hydrogen-bond donors (Lipinski definition) is 1. The second kappa shape index (κ2) is 12.0. The van der Waals surface area contributed by atoms with Crippen LogP contribution in [0.25, 0.3) is 5.57 Å². The first kappa shape index (κ1) is 32.1. The Morgan fingerprint density at radius 2 is 1.57 bits per heavy atom. The number of rotatable bonds is 6. The first-order chi connectivity index (χ1) is 24.7. The molecule has 0 radical (unpaired) electrons. The van der Waals surface area contributed by atoms with Gasteiger partial charge in [0.1, 0.15) is 0 Å². The number of anilines is 1. The number of fused-ring (bicyclic) bond motifs is 4. The maximum Gasteiger partial charge on any atom is 0.271 e. The van der Waals surface area contributed by atoms with Crippen molar-refractivity contribution in [2.24, 2.45) is 23.7 Å². The van der Waals surface area contributed by atoms with E-state index in [4.69, 9.17) is 4.74 Å². The third kappa shape index (κ3) is 4.62. The average molecular weight is 681 g/mol. The summed E-state index contributed by atoms with van der Waals surface area (Å²) >= 11 is 0. The van der Waals surface area contributed by atoms with Crippen LogP contribution in [0.2, 0.25) is 0 Å². The smallest absolute Gasteiger partial charge is 0.271 e. The van der Waals surface area contributed by atoms with Crippen molar-refractivity contribution in [1.29, 1.82) is 0 Å². The number of non-ortho nitro benzene ring substituents is 1. The topological polar surface area (TPSA) is 144 Å². The molecule has 8 rings (SSSR count). The highest BCUT2D eigenvalue weighted by Crippen LogP contribution is 2.65. The number of nitro benzene ring substituents is 1. The molecule has 3 aliphatic carbocycles. The minimum absolute atomic E-state index is 0.0830. The highest BCUT2D eigenvalue weighted by atomic mass is 16.6. The number of methoxy groups -OCH3 is 1. The van der Waals surface area contributed by atoms with Gasteiger partial charge in [0.25, 0.3) is 5.69 Å². The van der Waals surface area contributed by atoms with Crippen LogP contribution in [-0.4, -0.2) is 40.5 Å². The van der Waals surface area contributed by atoms with Crippen molar-refractivity contribution in [3.8, 4) is 11.5 Å². The number of benzene rings is 4. The van der Waals surface area contributed by atoms with Crippen molar-refractivity contribution in [2.45, 2.75) is 24.2 Å². The summed E-state index contributed by atoms with van der Waals surface area (Å²) < 4.78 is 5.51. The van der Waals surface area contributed by atoms with Gasteiger partial charge in [-0.1, -0.05) is 90.5 Å². The average Bonchev–Trinajstić information content (AvgIpc) is 3.42. The highest BCUT2D eigenvalue weighted by Gasteiger charge is 2.66. The van der Waals surface area contributed by atoms with Crippen LogP contribution < -0.4 is 9.64 Å². The molecule has 4 aromatic rings. The van der Waals surface area contributed by atoms with Gasteiger partial charge in [0.2, 0.25) is 11.8 Å². The molecule has 0 aromatic heterocycles. The summed E-state index contributed by atoms with van der Waals surface area (Å²) in [5.74, 6) is -5.85. The van der Waals surface area contributed by atoms with Gasteiger partial charge in [-0.15, -0.1) is 0 Å². The zero-order chi connectivity index (χ0) is 35.6. The fourth-order valence-electron chi connectivity index (χ4n) is 9.16. The van der Waals surface area contributed by atoms with Gasteiger partial charge in [0.15, 0.2) is 23.1 Å². The number of para-hydroxylation sites is 1. The number of aromatic hydroxyl groups is 1. The number of Topliss-reactive ketones (excluding diaryl/α,β-unsaturated/α-hetero) is 1. The molecule has 0 bridgehead atoms. The maximum absolute atomic E-state index is 15.1. The van der Waals surface area contributed by atoms with Crippen LogP contribution >= 0.6 is 0 Å². The second-order valence-corrected chi connectivity index (χ2v) is 13.5. The van der Waals surface area contributed by atoms with Crippen molar-refractivity contribution in [2.75, 3.05) is 12.0 Å². The number of allylic oxidation sites excluding steroid dienone is 4. The Bertz CT molecular complexity index is 2210.